The molecule has 0 aliphatic rings. The minimum Gasteiger partial charge on any atom is -0.462 e. The summed E-state index contributed by atoms with van der Waals surface area (Å²) in [5.41, 5.74) is 0. The van der Waals surface area contributed by atoms with Crippen LogP contribution in [0.25, 0.3) is 0 Å². The van der Waals surface area contributed by atoms with Crippen molar-refractivity contribution in [2.45, 2.75) is 258 Å². The summed E-state index contributed by atoms with van der Waals surface area (Å²) in [4.78, 5) is 38.3. The molecule has 462 valence electrons. The Labute approximate surface area is 509 Å². The van der Waals surface area contributed by atoms with E-state index in [9.17, 15) is 14.4 Å². The van der Waals surface area contributed by atoms with E-state index in [4.69, 9.17) is 14.2 Å². The Hall–Kier alpha value is -5.75. The predicted octanol–water partition coefficient (Wildman–Crippen LogP) is 23.0. The van der Waals surface area contributed by atoms with Crippen molar-refractivity contribution in [2.24, 2.45) is 0 Å². The number of hydrogen-bond donors (Lipinski definition) is 0. The number of hydrogen-bond acceptors (Lipinski definition) is 6. The molecule has 1 unspecified atom stereocenters. The molecule has 0 fully saturated rings. The number of carbonyl (C=O) groups is 3. The molecule has 0 N–H and O–H groups in total. The molecule has 0 heterocycles. The van der Waals surface area contributed by atoms with Gasteiger partial charge in [-0.15, -0.1) is 0 Å². The van der Waals surface area contributed by atoms with Gasteiger partial charge in [0.2, 0.25) is 0 Å². The number of esters is 3. The number of allylic oxidation sites excluding steroid dienone is 32. The van der Waals surface area contributed by atoms with E-state index in [1.807, 2.05) is 12.2 Å². The third-order valence-electron chi connectivity index (χ3n) is 13.1. The van der Waals surface area contributed by atoms with E-state index < -0.39 is 6.10 Å². The largest absolute Gasteiger partial charge is 0.462 e. The fourth-order valence-corrected chi connectivity index (χ4v) is 8.29. The Kier molecular flexibility index (Phi) is 64.0. The van der Waals surface area contributed by atoms with Gasteiger partial charge in [-0.2, -0.15) is 0 Å². The van der Waals surface area contributed by atoms with Crippen LogP contribution in [0.5, 0.6) is 0 Å². The standard InChI is InChI=1S/C77H118O6/c1-4-7-10-13-16-19-22-25-27-29-31-33-35-37-38-40-41-43-45-47-49-52-55-58-61-64-67-70-76(79)82-73-74(72-81-75(78)69-66-63-60-57-54-51-24-21-18-15-12-9-6-3)83-77(80)71-68-65-62-59-56-53-50-48-46-44-42-39-36-34-32-30-28-26-23-20-17-14-11-8-5-2/h7-12,16-21,25-28,31-34,37-38,41,43,47,49,51,54-55,58,60,63,74H,4-6,13-15,22-24,29-30,35-36,39-40,42,44-46,48,50,52-53,56-57,59,61-62,64-73H2,1-3H3/b10-7-,11-8-,12-9-,19-16-,20-17-,21-18-,27-25-,28-26-,33-31-,34-32-,38-37-,43-41-,49-47-,54-51-,58-55-,63-60-. The summed E-state index contributed by atoms with van der Waals surface area (Å²) in [6.45, 7) is 6.19. The van der Waals surface area contributed by atoms with Gasteiger partial charge in [-0.25, -0.2) is 0 Å². The van der Waals surface area contributed by atoms with Gasteiger partial charge in [0.25, 0.3) is 0 Å². The highest BCUT2D eigenvalue weighted by molar-refractivity contribution is 5.71. The predicted molar refractivity (Wildman–Crippen MR) is 361 cm³/mol. The average molecular weight is 1140 g/mol. The number of unbranched alkanes of at least 4 members (excludes halogenated alkanes) is 14. The Morgan fingerprint density at radius 1 is 0.241 bits per heavy atom. The Balaban J connectivity index is 4.48. The molecule has 0 aromatic heterocycles. The maximum absolute atomic E-state index is 12.9. The lowest BCUT2D eigenvalue weighted by Gasteiger charge is -2.18. The van der Waals surface area contributed by atoms with Crippen LogP contribution in [-0.2, 0) is 28.6 Å². The second-order valence-corrected chi connectivity index (χ2v) is 20.9. The van der Waals surface area contributed by atoms with Crippen LogP contribution in [0.4, 0.5) is 0 Å². The van der Waals surface area contributed by atoms with Crippen LogP contribution < -0.4 is 0 Å². The van der Waals surface area contributed by atoms with Gasteiger partial charge in [-0.05, 0) is 148 Å². The number of ether oxygens (including phenoxy) is 3. The molecule has 0 saturated heterocycles. The van der Waals surface area contributed by atoms with E-state index in [0.29, 0.717) is 19.3 Å². The first-order chi connectivity index (χ1) is 41.0. The highest BCUT2D eigenvalue weighted by Gasteiger charge is 2.19. The van der Waals surface area contributed by atoms with E-state index in [1.54, 1.807) is 0 Å². The van der Waals surface area contributed by atoms with Crippen LogP contribution in [0.2, 0.25) is 0 Å². The lowest BCUT2D eigenvalue weighted by molar-refractivity contribution is -0.166. The summed E-state index contributed by atoms with van der Waals surface area (Å²) in [6, 6.07) is 0. The second kappa shape index (κ2) is 68.7. The van der Waals surface area contributed by atoms with Crippen LogP contribution >= 0.6 is 0 Å². The van der Waals surface area contributed by atoms with Crippen molar-refractivity contribution in [1.29, 1.82) is 0 Å². The topological polar surface area (TPSA) is 78.9 Å². The molecule has 0 amide bonds. The SMILES string of the molecule is CC/C=C\C/C=C\C/C=C\C/C=C\C/C=C\C/C=C\C/C=C\C/C=C\CCCCC(=O)OCC(COC(=O)CC/C=C\C/C=C\C/C=C\C/C=C\CC)OC(=O)CCCCCCCCCCCCCC/C=C\C/C=C\C/C=C\C/C=C\CC. The van der Waals surface area contributed by atoms with Crippen molar-refractivity contribution in [3.05, 3.63) is 194 Å². The lowest BCUT2D eigenvalue weighted by atomic mass is 10.0. The molecule has 6 nitrogen and oxygen atoms in total. The van der Waals surface area contributed by atoms with Gasteiger partial charge in [-0.3, -0.25) is 14.4 Å². The van der Waals surface area contributed by atoms with Gasteiger partial charge in [0.05, 0.1) is 0 Å². The zero-order chi connectivity index (χ0) is 59.9. The van der Waals surface area contributed by atoms with Crippen molar-refractivity contribution in [3.8, 4) is 0 Å². The summed E-state index contributed by atoms with van der Waals surface area (Å²) in [7, 11) is 0. The third-order valence-corrected chi connectivity index (χ3v) is 13.1. The summed E-state index contributed by atoms with van der Waals surface area (Å²) in [5.74, 6) is -1.07. The van der Waals surface area contributed by atoms with E-state index in [0.717, 1.165) is 135 Å². The van der Waals surface area contributed by atoms with Crippen LogP contribution in [0.3, 0.4) is 0 Å². The fourth-order valence-electron chi connectivity index (χ4n) is 8.29. The molecule has 0 aromatic carbocycles. The molecule has 83 heavy (non-hydrogen) atoms. The smallest absolute Gasteiger partial charge is 0.306 e. The summed E-state index contributed by atoms with van der Waals surface area (Å²) in [6.07, 6.45) is 105. The van der Waals surface area contributed by atoms with Gasteiger partial charge >= 0.3 is 17.9 Å². The minimum absolute atomic E-state index is 0.133. The average Bonchev–Trinajstić information content (AvgIpc) is 3.49. The number of rotatable bonds is 57. The highest BCUT2D eigenvalue weighted by Crippen LogP contribution is 2.15. The quantitative estimate of drug-likeness (QED) is 0.0261. The van der Waals surface area contributed by atoms with Gasteiger partial charge in [0.15, 0.2) is 6.10 Å². The molecule has 6 heteroatoms. The fraction of sp³-hybridized carbons (Fsp3) is 0.545. The van der Waals surface area contributed by atoms with Crippen LogP contribution in [0.1, 0.15) is 252 Å². The first kappa shape index (κ1) is 77.2. The zero-order valence-electron chi connectivity index (χ0n) is 52.9. The molecule has 1 atom stereocenters. The molecular formula is C77H118O6. The molecule has 0 saturated carbocycles. The van der Waals surface area contributed by atoms with Crippen molar-refractivity contribution in [2.75, 3.05) is 13.2 Å². The molecule has 0 bridgehead atoms. The van der Waals surface area contributed by atoms with E-state index in [2.05, 4.69) is 203 Å². The minimum atomic E-state index is -0.839. The van der Waals surface area contributed by atoms with Crippen LogP contribution in [-0.4, -0.2) is 37.2 Å². The van der Waals surface area contributed by atoms with Crippen LogP contribution in [0.15, 0.2) is 194 Å². The monoisotopic (exact) mass is 1140 g/mol. The Bertz CT molecular complexity index is 1990. The third kappa shape index (κ3) is 66.9. The molecule has 0 aromatic rings. The van der Waals surface area contributed by atoms with Gasteiger partial charge in [0.1, 0.15) is 13.2 Å². The van der Waals surface area contributed by atoms with Crippen molar-refractivity contribution < 1.29 is 28.6 Å². The summed E-state index contributed by atoms with van der Waals surface area (Å²) < 4.78 is 16.8. The summed E-state index contributed by atoms with van der Waals surface area (Å²) in [5, 5.41) is 0. The van der Waals surface area contributed by atoms with E-state index >= 15 is 0 Å². The van der Waals surface area contributed by atoms with Gasteiger partial charge in [-0.1, -0.05) is 279 Å². The van der Waals surface area contributed by atoms with E-state index in [1.165, 1.54) is 64.2 Å². The van der Waals surface area contributed by atoms with Gasteiger partial charge < -0.3 is 14.2 Å². The molecule has 0 aliphatic heterocycles. The molecule has 0 rings (SSSR count). The molecule has 0 aliphatic carbocycles. The highest BCUT2D eigenvalue weighted by atomic mass is 16.6. The van der Waals surface area contributed by atoms with Gasteiger partial charge in [0, 0.05) is 19.3 Å². The van der Waals surface area contributed by atoms with Crippen molar-refractivity contribution in [3.63, 3.8) is 0 Å². The first-order valence-corrected chi connectivity index (χ1v) is 32.9. The summed E-state index contributed by atoms with van der Waals surface area (Å²) >= 11 is 0. The molecular weight excluding hydrogens is 1020 g/mol. The molecule has 0 radical (unpaired) electrons. The maximum Gasteiger partial charge on any atom is 0.306 e. The maximum atomic E-state index is 12.9. The molecule has 0 spiro atoms. The van der Waals surface area contributed by atoms with E-state index in [-0.39, 0.29) is 44.0 Å². The lowest BCUT2D eigenvalue weighted by Crippen LogP contribution is -2.30. The van der Waals surface area contributed by atoms with Crippen LogP contribution in [0, 0.1) is 0 Å². The number of carbonyl (C=O) groups excluding carboxylic acids is 3. The Morgan fingerprint density at radius 3 is 0.771 bits per heavy atom. The zero-order valence-corrected chi connectivity index (χ0v) is 52.9. The van der Waals surface area contributed by atoms with Crippen molar-refractivity contribution in [1.82, 2.24) is 0 Å². The normalized spacial score (nSPS) is 13.4. The Morgan fingerprint density at radius 2 is 0.458 bits per heavy atom. The van der Waals surface area contributed by atoms with Crippen molar-refractivity contribution >= 4 is 17.9 Å². The second-order valence-electron chi connectivity index (χ2n) is 20.9. The first-order valence-electron chi connectivity index (χ1n) is 32.9.